The monoisotopic (exact) mass is 461 g/mol. The van der Waals surface area contributed by atoms with Crippen molar-refractivity contribution in [2.45, 2.75) is 12.5 Å². The van der Waals surface area contributed by atoms with Crippen LogP contribution in [0.4, 0.5) is 10.5 Å². The number of hydrogen-bond acceptors (Lipinski definition) is 3. The van der Waals surface area contributed by atoms with Gasteiger partial charge in [0.25, 0.3) is 0 Å². The number of ether oxygens (including phenoxy) is 2. The normalized spacial score (nSPS) is 15.2. The molecule has 168 valence electrons. The summed E-state index contributed by atoms with van der Waals surface area (Å²) in [5.74, 6) is 1.46. The molecular weight excluding hydrogens is 438 g/mol. The summed E-state index contributed by atoms with van der Waals surface area (Å²) in [5.41, 5.74) is 4.89. The Bertz CT molecular complexity index is 1320. The van der Waals surface area contributed by atoms with E-state index in [-0.39, 0.29) is 12.1 Å². The van der Waals surface area contributed by atoms with Gasteiger partial charge in [-0.2, -0.15) is 0 Å². The first-order valence-electron chi connectivity index (χ1n) is 10.7. The molecule has 7 heteroatoms. The topological polar surface area (TPSA) is 66.6 Å². The SMILES string of the molecule is COc1ccc(C2c3[nH]c4ccc(Cl)cc4c3CCN2C(=O)Nc2cccc(OC)c2)cc1. The minimum atomic E-state index is -0.281. The maximum absolute atomic E-state index is 13.5. The Morgan fingerprint density at radius 1 is 1.03 bits per heavy atom. The second-order valence-electron chi connectivity index (χ2n) is 7.99. The third-order valence-electron chi connectivity index (χ3n) is 6.10. The summed E-state index contributed by atoms with van der Waals surface area (Å²) in [5, 5.41) is 4.83. The van der Waals surface area contributed by atoms with E-state index in [0.717, 1.165) is 34.3 Å². The highest BCUT2D eigenvalue weighted by molar-refractivity contribution is 6.31. The van der Waals surface area contributed by atoms with Crippen molar-refractivity contribution in [1.29, 1.82) is 0 Å². The number of carbonyl (C=O) groups is 1. The predicted molar refractivity (Wildman–Crippen MR) is 131 cm³/mol. The Balaban J connectivity index is 1.56. The fourth-order valence-electron chi connectivity index (χ4n) is 4.51. The molecule has 0 saturated heterocycles. The van der Waals surface area contributed by atoms with Gasteiger partial charge in [0.2, 0.25) is 0 Å². The molecule has 0 spiro atoms. The number of methoxy groups -OCH3 is 2. The van der Waals surface area contributed by atoms with E-state index in [1.807, 2.05) is 65.6 Å². The molecule has 0 aliphatic carbocycles. The van der Waals surface area contributed by atoms with Crippen molar-refractivity contribution in [2.24, 2.45) is 0 Å². The van der Waals surface area contributed by atoms with Gasteiger partial charge in [-0.1, -0.05) is 29.8 Å². The molecule has 1 aromatic heterocycles. The van der Waals surface area contributed by atoms with Gasteiger partial charge in [-0.3, -0.25) is 0 Å². The molecular formula is C26H24ClN3O3. The van der Waals surface area contributed by atoms with Gasteiger partial charge in [-0.05, 0) is 60.0 Å². The molecule has 0 radical (unpaired) electrons. The van der Waals surface area contributed by atoms with Crippen molar-refractivity contribution >= 4 is 34.2 Å². The van der Waals surface area contributed by atoms with E-state index in [1.165, 1.54) is 5.56 Å². The molecule has 0 saturated carbocycles. The zero-order chi connectivity index (χ0) is 22.9. The molecule has 4 aromatic rings. The van der Waals surface area contributed by atoms with Crippen molar-refractivity contribution in [1.82, 2.24) is 9.88 Å². The molecule has 5 rings (SSSR count). The average molecular weight is 462 g/mol. The van der Waals surface area contributed by atoms with Gasteiger partial charge >= 0.3 is 6.03 Å². The predicted octanol–water partition coefficient (Wildman–Crippen LogP) is 6.02. The van der Waals surface area contributed by atoms with Gasteiger partial charge in [-0.15, -0.1) is 0 Å². The van der Waals surface area contributed by atoms with Crippen LogP contribution in [0.2, 0.25) is 5.02 Å². The number of aromatic amines is 1. The van der Waals surface area contributed by atoms with Crippen molar-refractivity contribution < 1.29 is 14.3 Å². The number of hydrogen-bond donors (Lipinski definition) is 2. The quantitative estimate of drug-likeness (QED) is 0.390. The van der Waals surface area contributed by atoms with Crippen LogP contribution in [-0.4, -0.2) is 36.7 Å². The van der Waals surface area contributed by atoms with Crippen molar-refractivity contribution in [3.8, 4) is 11.5 Å². The standard InChI is InChI=1S/C26H24ClN3O3/c1-32-19-9-6-16(7-10-19)25-24-21(22-14-17(27)8-11-23(22)29-24)12-13-30(25)26(31)28-18-4-3-5-20(15-18)33-2/h3-11,14-15,25,29H,12-13H2,1-2H3,(H,28,31). The number of urea groups is 1. The molecule has 1 aliphatic heterocycles. The van der Waals surface area contributed by atoms with Crippen molar-refractivity contribution in [3.05, 3.63) is 88.6 Å². The first-order valence-corrected chi connectivity index (χ1v) is 11.1. The van der Waals surface area contributed by atoms with E-state index in [9.17, 15) is 4.79 Å². The lowest BCUT2D eigenvalue weighted by Gasteiger charge is -2.36. The van der Waals surface area contributed by atoms with E-state index in [1.54, 1.807) is 20.3 Å². The smallest absolute Gasteiger partial charge is 0.322 e. The van der Waals surface area contributed by atoms with Gasteiger partial charge in [0.05, 0.1) is 20.3 Å². The Morgan fingerprint density at radius 3 is 2.58 bits per heavy atom. The first kappa shape index (κ1) is 21.2. The number of carbonyl (C=O) groups excluding carboxylic acids is 1. The fourth-order valence-corrected chi connectivity index (χ4v) is 4.68. The summed E-state index contributed by atoms with van der Waals surface area (Å²) in [6, 6.07) is 20.6. The molecule has 1 aliphatic rings. The molecule has 2 amide bonds. The zero-order valence-corrected chi connectivity index (χ0v) is 19.1. The van der Waals surface area contributed by atoms with Crippen LogP contribution in [0.25, 0.3) is 10.9 Å². The Kier molecular flexibility index (Phi) is 5.60. The van der Waals surface area contributed by atoms with Crippen LogP contribution >= 0.6 is 11.6 Å². The van der Waals surface area contributed by atoms with Gasteiger partial charge in [0, 0.05) is 39.9 Å². The highest BCUT2D eigenvalue weighted by atomic mass is 35.5. The summed E-state index contributed by atoms with van der Waals surface area (Å²) < 4.78 is 10.6. The van der Waals surface area contributed by atoms with Crippen LogP contribution in [0, 0.1) is 0 Å². The summed E-state index contributed by atoms with van der Waals surface area (Å²) in [7, 11) is 3.25. The third kappa shape index (κ3) is 3.98. The number of rotatable bonds is 4. The molecule has 6 nitrogen and oxygen atoms in total. The van der Waals surface area contributed by atoms with Crippen LogP contribution in [-0.2, 0) is 6.42 Å². The zero-order valence-electron chi connectivity index (χ0n) is 18.4. The summed E-state index contributed by atoms with van der Waals surface area (Å²) in [6.07, 6.45) is 0.730. The second-order valence-corrected chi connectivity index (χ2v) is 8.42. The van der Waals surface area contributed by atoms with Gasteiger partial charge in [-0.25, -0.2) is 4.79 Å². The van der Waals surface area contributed by atoms with E-state index in [0.29, 0.717) is 23.0 Å². The molecule has 33 heavy (non-hydrogen) atoms. The molecule has 0 fully saturated rings. The average Bonchev–Trinajstić information content (AvgIpc) is 3.21. The second kappa shape index (κ2) is 8.71. The van der Waals surface area contributed by atoms with Crippen molar-refractivity contribution in [3.63, 3.8) is 0 Å². The van der Waals surface area contributed by atoms with Crippen LogP contribution in [0.3, 0.4) is 0 Å². The van der Waals surface area contributed by atoms with E-state index < -0.39 is 0 Å². The number of nitrogens with one attached hydrogen (secondary N) is 2. The molecule has 1 unspecified atom stereocenters. The summed E-state index contributed by atoms with van der Waals surface area (Å²) >= 11 is 6.29. The molecule has 3 aromatic carbocycles. The summed E-state index contributed by atoms with van der Waals surface area (Å²) in [4.78, 5) is 18.9. The maximum Gasteiger partial charge on any atom is 0.322 e. The fraction of sp³-hybridized carbons (Fsp3) is 0.192. The van der Waals surface area contributed by atoms with E-state index in [4.69, 9.17) is 21.1 Å². The molecule has 1 atom stereocenters. The highest BCUT2D eigenvalue weighted by Crippen LogP contribution is 2.39. The van der Waals surface area contributed by atoms with Gasteiger partial charge in [0.15, 0.2) is 0 Å². The maximum atomic E-state index is 13.5. The minimum Gasteiger partial charge on any atom is -0.497 e. The minimum absolute atomic E-state index is 0.175. The number of halogens is 1. The molecule has 2 heterocycles. The van der Waals surface area contributed by atoms with E-state index >= 15 is 0 Å². The number of anilines is 1. The number of amides is 2. The Morgan fingerprint density at radius 2 is 1.82 bits per heavy atom. The largest absolute Gasteiger partial charge is 0.497 e. The third-order valence-corrected chi connectivity index (χ3v) is 6.34. The molecule has 0 bridgehead atoms. The Labute approximate surface area is 197 Å². The van der Waals surface area contributed by atoms with Crippen LogP contribution in [0.15, 0.2) is 66.7 Å². The Hall–Kier alpha value is -3.64. The highest BCUT2D eigenvalue weighted by Gasteiger charge is 2.34. The van der Waals surface area contributed by atoms with Crippen LogP contribution < -0.4 is 14.8 Å². The molecule has 2 N–H and O–H groups in total. The summed E-state index contributed by atoms with van der Waals surface area (Å²) in [6.45, 7) is 0.568. The van der Waals surface area contributed by atoms with Gasteiger partial charge < -0.3 is 24.7 Å². The number of aromatic nitrogens is 1. The lowest BCUT2D eigenvalue weighted by Crippen LogP contribution is -2.43. The van der Waals surface area contributed by atoms with Crippen LogP contribution in [0.1, 0.15) is 22.9 Å². The lowest BCUT2D eigenvalue weighted by molar-refractivity contribution is 0.193. The van der Waals surface area contributed by atoms with Gasteiger partial charge in [0.1, 0.15) is 11.5 Å². The van der Waals surface area contributed by atoms with Crippen LogP contribution in [0.5, 0.6) is 11.5 Å². The van der Waals surface area contributed by atoms with Crippen molar-refractivity contribution in [2.75, 3.05) is 26.1 Å². The number of H-pyrrole nitrogens is 1. The number of benzene rings is 3. The number of fused-ring (bicyclic) bond motifs is 3. The first-order chi connectivity index (χ1) is 16.1. The van der Waals surface area contributed by atoms with E-state index in [2.05, 4.69) is 10.3 Å². The lowest BCUT2D eigenvalue weighted by atomic mass is 9.92. The number of nitrogens with zero attached hydrogens (tertiary/aromatic N) is 1.